The van der Waals surface area contributed by atoms with Crippen LogP contribution in [0.5, 0.6) is 0 Å². The van der Waals surface area contributed by atoms with Crippen molar-refractivity contribution in [3.63, 3.8) is 0 Å². The molecular weight excluding hydrogens is 342 g/mol. The summed E-state index contributed by atoms with van der Waals surface area (Å²) in [6.07, 6.45) is 1.55. The summed E-state index contributed by atoms with van der Waals surface area (Å²) < 4.78 is 27.6. The number of nitrogens with one attached hydrogen (secondary N) is 2. The predicted molar refractivity (Wildman–Crippen MR) is 82.5 cm³/mol. The van der Waals surface area contributed by atoms with Crippen LogP contribution in [0, 0.1) is 0 Å². The number of aromatic nitrogens is 1. The number of pyridine rings is 1. The minimum absolute atomic E-state index is 0.127. The highest BCUT2D eigenvalue weighted by atomic mass is 79.9. The number of hydrogen-bond acceptors (Lipinski definition) is 4. The second-order valence-electron chi connectivity index (χ2n) is 3.99. The van der Waals surface area contributed by atoms with E-state index in [0.717, 1.165) is 10.2 Å². The maximum atomic E-state index is 12.1. The molecule has 20 heavy (non-hydrogen) atoms. The van der Waals surface area contributed by atoms with Gasteiger partial charge in [-0.15, -0.1) is 0 Å². The molecule has 1 heterocycles. The lowest BCUT2D eigenvalue weighted by molar-refractivity contribution is 0.584. The summed E-state index contributed by atoms with van der Waals surface area (Å²) in [4.78, 5) is 4.23. The minimum Gasteiger partial charge on any atom is -0.339 e. The van der Waals surface area contributed by atoms with Crippen molar-refractivity contribution < 1.29 is 8.42 Å². The van der Waals surface area contributed by atoms with Gasteiger partial charge in [-0.2, -0.15) is 0 Å². The molecule has 0 aliphatic carbocycles. The Hall–Kier alpha value is -1.44. The van der Waals surface area contributed by atoms with E-state index >= 15 is 0 Å². The number of anilines is 2. The fourth-order valence-electron chi connectivity index (χ4n) is 1.67. The molecule has 2 aromatic rings. The smallest absolute Gasteiger partial charge is 0.244 e. The molecule has 1 aromatic heterocycles. The van der Waals surface area contributed by atoms with E-state index in [2.05, 4.69) is 31.0 Å². The third-order valence-corrected chi connectivity index (χ3v) is 4.55. The van der Waals surface area contributed by atoms with Crippen LogP contribution in [0.2, 0.25) is 0 Å². The molecule has 106 valence electrons. The summed E-state index contributed by atoms with van der Waals surface area (Å²) in [7, 11) is -3.56. The van der Waals surface area contributed by atoms with E-state index in [1.54, 1.807) is 19.2 Å². The van der Waals surface area contributed by atoms with Crippen molar-refractivity contribution in [1.29, 1.82) is 0 Å². The highest BCUT2D eigenvalue weighted by molar-refractivity contribution is 9.10. The van der Waals surface area contributed by atoms with Gasteiger partial charge in [-0.05, 0) is 30.3 Å². The van der Waals surface area contributed by atoms with Crippen LogP contribution in [-0.4, -0.2) is 19.9 Å². The van der Waals surface area contributed by atoms with E-state index in [9.17, 15) is 8.42 Å². The topological polar surface area (TPSA) is 71.1 Å². The van der Waals surface area contributed by atoms with E-state index in [1.165, 1.54) is 6.07 Å². The lowest BCUT2D eigenvalue weighted by Crippen LogP contribution is -2.24. The second kappa shape index (κ2) is 6.34. The Morgan fingerprint density at radius 3 is 2.75 bits per heavy atom. The number of halogens is 1. The van der Waals surface area contributed by atoms with E-state index in [4.69, 9.17) is 0 Å². The normalized spacial score (nSPS) is 11.3. The highest BCUT2D eigenvalue weighted by Crippen LogP contribution is 2.24. The lowest BCUT2D eigenvalue weighted by atomic mass is 10.3. The fourth-order valence-corrected chi connectivity index (χ4v) is 3.22. The van der Waals surface area contributed by atoms with Crippen molar-refractivity contribution in [1.82, 2.24) is 9.71 Å². The fraction of sp³-hybridized carbons (Fsp3) is 0.154. The molecule has 0 radical (unpaired) electrons. The molecule has 0 unspecified atom stereocenters. The Balaban J connectivity index is 2.38. The molecule has 2 rings (SSSR count). The van der Waals surface area contributed by atoms with Crippen molar-refractivity contribution >= 4 is 37.5 Å². The Bertz CT molecular complexity index is 704. The van der Waals surface area contributed by atoms with Crippen molar-refractivity contribution in [2.75, 3.05) is 11.9 Å². The Morgan fingerprint density at radius 2 is 2.05 bits per heavy atom. The molecule has 0 fully saturated rings. The standard InChI is InChI=1S/C13H14BrN3O2S/c1-2-16-20(18,19)12-7-4-8-15-13(12)17-11-6-3-5-10(14)9-11/h3-9,16H,2H2,1H3,(H,15,17). The summed E-state index contributed by atoms with van der Waals surface area (Å²) >= 11 is 3.37. The number of rotatable bonds is 5. The van der Waals surface area contributed by atoms with Crippen LogP contribution in [0.25, 0.3) is 0 Å². The Labute approximate surface area is 126 Å². The van der Waals surface area contributed by atoms with Gasteiger partial charge in [-0.25, -0.2) is 18.1 Å². The minimum atomic E-state index is -3.56. The molecule has 0 spiro atoms. The summed E-state index contributed by atoms with van der Waals surface area (Å²) in [5, 5.41) is 3.02. The molecule has 5 nitrogen and oxygen atoms in total. The van der Waals surface area contributed by atoms with E-state index in [0.29, 0.717) is 12.4 Å². The molecule has 2 N–H and O–H groups in total. The third-order valence-electron chi connectivity index (χ3n) is 2.48. The van der Waals surface area contributed by atoms with E-state index in [-0.39, 0.29) is 4.90 Å². The van der Waals surface area contributed by atoms with Gasteiger partial charge in [-0.3, -0.25) is 0 Å². The molecule has 0 saturated carbocycles. The molecule has 0 atom stereocenters. The first kappa shape index (κ1) is 15.0. The zero-order valence-corrected chi connectivity index (χ0v) is 13.2. The molecule has 0 bridgehead atoms. The lowest BCUT2D eigenvalue weighted by Gasteiger charge is -2.11. The summed E-state index contributed by atoms with van der Waals surface area (Å²) in [6.45, 7) is 2.06. The first-order chi connectivity index (χ1) is 9.53. The van der Waals surface area contributed by atoms with Crippen LogP contribution in [-0.2, 0) is 10.0 Å². The van der Waals surface area contributed by atoms with Gasteiger partial charge in [0.25, 0.3) is 0 Å². The van der Waals surface area contributed by atoms with Crippen molar-refractivity contribution in [2.24, 2.45) is 0 Å². The van der Waals surface area contributed by atoms with Crippen molar-refractivity contribution in [3.8, 4) is 0 Å². The van der Waals surface area contributed by atoms with Gasteiger partial charge in [0.15, 0.2) is 5.82 Å². The van der Waals surface area contributed by atoms with Crippen molar-refractivity contribution in [3.05, 3.63) is 47.1 Å². The van der Waals surface area contributed by atoms with Gasteiger partial charge >= 0.3 is 0 Å². The monoisotopic (exact) mass is 355 g/mol. The zero-order valence-electron chi connectivity index (χ0n) is 10.8. The first-order valence-corrected chi connectivity index (χ1v) is 8.28. The third kappa shape index (κ3) is 3.56. The number of hydrogen-bond donors (Lipinski definition) is 2. The maximum absolute atomic E-state index is 12.1. The van der Waals surface area contributed by atoms with Gasteiger partial charge < -0.3 is 5.32 Å². The van der Waals surface area contributed by atoms with Gasteiger partial charge in [0.1, 0.15) is 4.90 Å². The zero-order chi connectivity index (χ0) is 14.6. The SMILES string of the molecule is CCNS(=O)(=O)c1cccnc1Nc1cccc(Br)c1. The first-order valence-electron chi connectivity index (χ1n) is 6.00. The summed E-state index contributed by atoms with van der Waals surface area (Å²) in [5.74, 6) is 0.298. The van der Waals surface area contributed by atoms with Crippen LogP contribution >= 0.6 is 15.9 Å². The molecule has 0 aliphatic heterocycles. The Morgan fingerprint density at radius 1 is 1.25 bits per heavy atom. The molecule has 0 amide bonds. The number of nitrogens with zero attached hydrogens (tertiary/aromatic N) is 1. The highest BCUT2D eigenvalue weighted by Gasteiger charge is 2.18. The van der Waals surface area contributed by atoms with Gasteiger partial charge in [0.2, 0.25) is 10.0 Å². The van der Waals surface area contributed by atoms with E-state index in [1.807, 2.05) is 24.3 Å². The largest absolute Gasteiger partial charge is 0.339 e. The Kier molecular flexibility index (Phi) is 4.74. The second-order valence-corrected chi connectivity index (χ2v) is 6.64. The average Bonchev–Trinajstić information content (AvgIpc) is 2.39. The van der Waals surface area contributed by atoms with Crippen LogP contribution in [0.15, 0.2) is 52.0 Å². The van der Waals surface area contributed by atoms with Crippen LogP contribution < -0.4 is 10.0 Å². The van der Waals surface area contributed by atoms with Crippen LogP contribution in [0.1, 0.15) is 6.92 Å². The van der Waals surface area contributed by atoms with Crippen molar-refractivity contribution in [2.45, 2.75) is 11.8 Å². The molecule has 7 heteroatoms. The molecule has 1 aromatic carbocycles. The quantitative estimate of drug-likeness (QED) is 0.864. The van der Waals surface area contributed by atoms with Crippen LogP contribution in [0.3, 0.4) is 0 Å². The average molecular weight is 356 g/mol. The van der Waals surface area contributed by atoms with Gasteiger partial charge in [0, 0.05) is 22.9 Å². The maximum Gasteiger partial charge on any atom is 0.244 e. The molecule has 0 aliphatic rings. The molecular formula is C13H14BrN3O2S. The van der Waals surface area contributed by atoms with Crippen LogP contribution in [0.4, 0.5) is 11.5 Å². The molecule has 0 saturated heterocycles. The van der Waals surface area contributed by atoms with E-state index < -0.39 is 10.0 Å². The predicted octanol–water partition coefficient (Wildman–Crippen LogP) is 2.89. The number of benzene rings is 1. The van der Waals surface area contributed by atoms with Gasteiger partial charge in [-0.1, -0.05) is 28.9 Å². The van der Waals surface area contributed by atoms with Gasteiger partial charge in [0.05, 0.1) is 0 Å². The summed E-state index contributed by atoms with van der Waals surface area (Å²) in [5.41, 5.74) is 0.756. The summed E-state index contributed by atoms with van der Waals surface area (Å²) in [6, 6.07) is 10.5. The number of sulfonamides is 1.